The lowest BCUT2D eigenvalue weighted by molar-refractivity contribution is 0.0692. The fourth-order valence-electron chi connectivity index (χ4n) is 2.96. The molecule has 2 aromatic carbocycles. The van der Waals surface area contributed by atoms with Crippen molar-refractivity contribution in [1.29, 1.82) is 0 Å². The molecule has 0 saturated heterocycles. The van der Waals surface area contributed by atoms with E-state index in [0.717, 1.165) is 15.4 Å². The van der Waals surface area contributed by atoms with Gasteiger partial charge in [-0.1, -0.05) is 29.8 Å². The van der Waals surface area contributed by atoms with Gasteiger partial charge in [-0.05, 0) is 48.0 Å². The highest BCUT2D eigenvalue weighted by molar-refractivity contribution is 7.18. The number of aromatic carboxylic acids is 1. The predicted molar refractivity (Wildman–Crippen MR) is 110 cm³/mol. The van der Waals surface area contributed by atoms with E-state index < -0.39 is 11.8 Å². The molecule has 0 atom stereocenters. The summed E-state index contributed by atoms with van der Waals surface area (Å²) >= 11 is 7.72. The highest BCUT2D eigenvalue weighted by Crippen LogP contribution is 2.37. The first-order valence-corrected chi connectivity index (χ1v) is 9.75. The van der Waals surface area contributed by atoms with E-state index in [1.54, 1.807) is 22.9 Å². The second kappa shape index (κ2) is 7.79. The van der Waals surface area contributed by atoms with E-state index in [9.17, 15) is 14.3 Å². The van der Waals surface area contributed by atoms with Crippen LogP contribution < -0.4 is 0 Å². The number of hydrogen-bond donors (Lipinski definition) is 2. The van der Waals surface area contributed by atoms with Gasteiger partial charge in [0, 0.05) is 4.88 Å². The van der Waals surface area contributed by atoms with Crippen LogP contribution in [0.3, 0.4) is 0 Å². The zero-order valence-electron chi connectivity index (χ0n) is 14.8. The van der Waals surface area contributed by atoms with Crippen LogP contribution >= 0.6 is 22.9 Å². The number of benzene rings is 2. The maximum atomic E-state index is 14.1. The molecule has 0 aliphatic carbocycles. The Morgan fingerprint density at radius 1 is 1.10 bits per heavy atom. The summed E-state index contributed by atoms with van der Waals surface area (Å²) in [6, 6.07) is 16.8. The topological polar surface area (TPSA) is 75.3 Å². The minimum atomic E-state index is -1.30. The minimum Gasteiger partial charge on any atom is -0.478 e. The zero-order chi connectivity index (χ0) is 20.5. The number of aliphatic hydroxyl groups is 1. The van der Waals surface area contributed by atoms with Gasteiger partial charge in [-0.15, -0.1) is 11.3 Å². The summed E-state index contributed by atoms with van der Waals surface area (Å²) < 4.78 is 15.7. The number of hydrogen-bond acceptors (Lipinski definition) is 4. The highest BCUT2D eigenvalue weighted by Gasteiger charge is 2.17. The van der Waals surface area contributed by atoms with E-state index in [1.165, 1.54) is 23.5 Å². The molecule has 8 heteroatoms. The minimum absolute atomic E-state index is 0.218. The van der Waals surface area contributed by atoms with Gasteiger partial charge < -0.3 is 10.2 Å². The normalized spacial score (nSPS) is 11.0. The molecule has 4 rings (SSSR count). The van der Waals surface area contributed by atoms with Crippen molar-refractivity contribution in [2.75, 3.05) is 0 Å². The summed E-state index contributed by atoms with van der Waals surface area (Å²) in [6.07, 6.45) is 0. The molecule has 0 saturated carbocycles. The van der Waals surface area contributed by atoms with Gasteiger partial charge in [0.2, 0.25) is 0 Å². The van der Waals surface area contributed by atoms with E-state index in [1.807, 2.05) is 30.3 Å². The van der Waals surface area contributed by atoms with Crippen LogP contribution in [0.1, 0.15) is 16.1 Å². The zero-order valence-corrected chi connectivity index (χ0v) is 16.4. The van der Waals surface area contributed by atoms with Gasteiger partial charge in [0.15, 0.2) is 0 Å². The Balaban J connectivity index is 1.78. The first-order chi connectivity index (χ1) is 14.0. The maximum Gasteiger partial charge on any atom is 0.338 e. The van der Waals surface area contributed by atoms with Crippen molar-refractivity contribution < 1.29 is 19.4 Å². The predicted octanol–water partition coefficient (Wildman–Crippen LogP) is 5.25. The van der Waals surface area contributed by atoms with Crippen molar-refractivity contribution in [2.24, 2.45) is 0 Å². The van der Waals surface area contributed by atoms with Gasteiger partial charge in [0.05, 0.1) is 39.1 Å². The molecule has 0 aliphatic rings. The van der Waals surface area contributed by atoms with Crippen molar-refractivity contribution >= 4 is 28.9 Å². The standard InChI is InChI=1S/C21H14ClFN2O3S/c22-15-3-1-2-4-17(15)25-18(10-13(11-26)24-25)20-8-7-19(29-20)12-5-6-14(21(27)28)16(23)9-12/h1-10,26H,11H2,(H,27,28). The number of rotatable bonds is 5. The average molecular weight is 429 g/mol. The lowest BCUT2D eigenvalue weighted by Gasteiger charge is -2.08. The molecule has 5 nitrogen and oxygen atoms in total. The van der Waals surface area contributed by atoms with Crippen molar-refractivity contribution in [2.45, 2.75) is 6.61 Å². The van der Waals surface area contributed by atoms with Crippen LogP contribution in [-0.4, -0.2) is 26.0 Å². The Labute approximate surface area is 174 Å². The molecular formula is C21H14ClFN2O3S. The number of carboxylic acids is 1. The van der Waals surface area contributed by atoms with Crippen molar-refractivity contribution in [3.05, 3.63) is 82.8 Å². The molecule has 2 heterocycles. The molecule has 0 spiro atoms. The lowest BCUT2D eigenvalue weighted by atomic mass is 10.1. The quantitative estimate of drug-likeness (QED) is 0.455. The molecule has 2 aromatic heterocycles. The maximum absolute atomic E-state index is 14.1. The molecule has 0 fully saturated rings. The van der Waals surface area contributed by atoms with Crippen LogP contribution in [0.15, 0.2) is 60.7 Å². The largest absolute Gasteiger partial charge is 0.478 e. The number of nitrogens with zero attached hydrogens (tertiary/aromatic N) is 2. The Kier molecular flexibility index (Phi) is 5.19. The number of para-hydroxylation sites is 1. The number of halogens is 2. The molecular weight excluding hydrogens is 415 g/mol. The van der Waals surface area contributed by atoms with E-state index in [0.29, 0.717) is 22.0 Å². The van der Waals surface area contributed by atoms with Crippen LogP contribution in [-0.2, 0) is 6.61 Å². The van der Waals surface area contributed by atoms with E-state index in [4.69, 9.17) is 16.7 Å². The van der Waals surface area contributed by atoms with Gasteiger partial charge >= 0.3 is 5.97 Å². The number of aliphatic hydroxyl groups excluding tert-OH is 1. The Morgan fingerprint density at radius 3 is 2.55 bits per heavy atom. The van der Waals surface area contributed by atoms with Crippen LogP contribution in [0.4, 0.5) is 4.39 Å². The average Bonchev–Trinajstić information content (AvgIpc) is 3.35. The first kappa shape index (κ1) is 19.3. The third-order valence-electron chi connectivity index (χ3n) is 4.35. The monoisotopic (exact) mass is 428 g/mol. The number of carboxylic acid groups (broad SMARTS) is 1. The van der Waals surface area contributed by atoms with Gasteiger partial charge in [0.1, 0.15) is 5.82 Å². The van der Waals surface area contributed by atoms with E-state index >= 15 is 0 Å². The first-order valence-electron chi connectivity index (χ1n) is 8.56. The molecule has 146 valence electrons. The van der Waals surface area contributed by atoms with Crippen LogP contribution in [0, 0.1) is 5.82 Å². The van der Waals surface area contributed by atoms with Crippen LogP contribution in [0.5, 0.6) is 0 Å². The van der Waals surface area contributed by atoms with Gasteiger partial charge in [-0.3, -0.25) is 0 Å². The number of aromatic nitrogens is 2. The molecule has 4 aromatic rings. The van der Waals surface area contributed by atoms with Crippen LogP contribution in [0.2, 0.25) is 5.02 Å². The van der Waals surface area contributed by atoms with E-state index in [2.05, 4.69) is 5.10 Å². The van der Waals surface area contributed by atoms with Crippen molar-refractivity contribution in [3.63, 3.8) is 0 Å². The molecule has 2 N–H and O–H groups in total. The van der Waals surface area contributed by atoms with Gasteiger partial charge in [0.25, 0.3) is 0 Å². The van der Waals surface area contributed by atoms with Crippen molar-refractivity contribution in [1.82, 2.24) is 9.78 Å². The summed E-state index contributed by atoms with van der Waals surface area (Å²) in [5.41, 5.74) is 2.12. The van der Waals surface area contributed by atoms with Gasteiger partial charge in [-0.2, -0.15) is 5.10 Å². The second-order valence-corrected chi connectivity index (χ2v) is 7.70. The third kappa shape index (κ3) is 3.67. The van der Waals surface area contributed by atoms with Gasteiger partial charge in [-0.25, -0.2) is 13.9 Å². The molecule has 0 bridgehead atoms. The fourth-order valence-corrected chi connectivity index (χ4v) is 4.18. The van der Waals surface area contributed by atoms with E-state index in [-0.39, 0.29) is 12.2 Å². The summed E-state index contributed by atoms with van der Waals surface area (Å²) in [5.74, 6) is -2.09. The summed E-state index contributed by atoms with van der Waals surface area (Å²) in [7, 11) is 0. The summed E-state index contributed by atoms with van der Waals surface area (Å²) in [4.78, 5) is 12.6. The molecule has 0 radical (unpaired) electrons. The lowest BCUT2D eigenvalue weighted by Crippen LogP contribution is -2.00. The third-order valence-corrected chi connectivity index (χ3v) is 5.82. The summed E-state index contributed by atoms with van der Waals surface area (Å²) in [5, 5.41) is 23.5. The molecule has 29 heavy (non-hydrogen) atoms. The molecule has 0 amide bonds. The van der Waals surface area contributed by atoms with Crippen LogP contribution in [0.25, 0.3) is 26.7 Å². The number of thiophene rings is 1. The Morgan fingerprint density at radius 2 is 1.86 bits per heavy atom. The molecule has 0 aliphatic heterocycles. The second-order valence-electron chi connectivity index (χ2n) is 6.21. The fraction of sp³-hybridized carbons (Fsp3) is 0.0476. The SMILES string of the molecule is O=C(O)c1ccc(-c2ccc(-c3cc(CO)nn3-c3ccccc3Cl)s2)cc1F. The number of carbonyl (C=O) groups is 1. The highest BCUT2D eigenvalue weighted by atomic mass is 35.5. The summed E-state index contributed by atoms with van der Waals surface area (Å²) in [6.45, 7) is -0.218. The smallest absolute Gasteiger partial charge is 0.338 e. The Bertz CT molecular complexity index is 1220. The van der Waals surface area contributed by atoms with Crippen molar-refractivity contribution in [3.8, 4) is 26.7 Å². The Hall–Kier alpha value is -3.00. The molecule has 0 unspecified atom stereocenters.